The fraction of sp³-hybridized carbons (Fsp3) is 0.591. The Morgan fingerprint density at radius 2 is 2.17 bits per heavy atom. The number of hydrogen-bond acceptors (Lipinski definition) is 4. The molecule has 3 heterocycles. The lowest BCUT2D eigenvalue weighted by Crippen LogP contribution is -2.49. The Morgan fingerprint density at radius 3 is 2.87 bits per heavy atom. The van der Waals surface area contributed by atoms with Crippen molar-refractivity contribution in [2.45, 2.75) is 69.4 Å². The topological polar surface area (TPSA) is 73.9 Å². The molecule has 0 unspecified atom stereocenters. The van der Waals surface area contributed by atoms with Gasteiger partial charge in [-0.3, -0.25) is 4.79 Å². The second kappa shape index (κ2) is 6.75. The van der Waals surface area contributed by atoms with Crippen LogP contribution in [0.15, 0.2) is 25.2 Å². The molecule has 160 valence electrons. The molecule has 4 atom stereocenters. The first-order chi connectivity index (χ1) is 14.3. The Morgan fingerprint density at radius 1 is 1.37 bits per heavy atom. The van der Waals surface area contributed by atoms with E-state index in [0.717, 1.165) is 30.2 Å². The Bertz CT molecular complexity index is 1000. The van der Waals surface area contributed by atoms with Crippen molar-refractivity contribution >= 4 is 22.8 Å². The van der Waals surface area contributed by atoms with Crippen molar-refractivity contribution in [2.75, 3.05) is 11.9 Å². The van der Waals surface area contributed by atoms with Gasteiger partial charge < -0.3 is 15.2 Å². The molecular formula is C22H27F2N5O. The average Bonchev–Trinajstić information content (AvgIpc) is 3.10. The highest BCUT2D eigenvalue weighted by atomic mass is 19.3. The molecule has 1 amide bonds. The molecule has 2 aliphatic carbocycles. The number of likely N-dealkylation sites (tertiary alicyclic amines) is 1. The standard InChI is InChI=1S/C22H27F2N5O/c1-3-17(30)29-10-15(5-4-13(29)2)28-20-18-16(9-25-19(18)26-12-27-20)14-6-7-21(8-14)11-22(21,23)24/h3,9,12-15H,1,4-8,10-11H2,2H3,(H2,25,26,27,28)/t13-,14+,15+,21+/m0/s1. The third kappa shape index (κ3) is 2.99. The van der Waals surface area contributed by atoms with Crippen molar-refractivity contribution in [3.8, 4) is 0 Å². The van der Waals surface area contributed by atoms with Crippen molar-refractivity contribution < 1.29 is 13.6 Å². The summed E-state index contributed by atoms with van der Waals surface area (Å²) in [5, 5.41) is 4.40. The second-order valence-corrected chi connectivity index (χ2v) is 9.25. The number of anilines is 1. The van der Waals surface area contributed by atoms with Crippen LogP contribution in [0.2, 0.25) is 0 Å². The SMILES string of the molecule is C=CC(=O)N1C[C@H](Nc2ncnc3[nH]cc([C@@H]4CC[C@@]5(C4)CC5(F)F)c23)CC[C@@H]1C. The fourth-order valence-corrected chi connectivity index (χ4v) is 5.53. The molecule has 2 saturated carbocycles. The van der Waals surface area contributed by atoms with E-state index in [1.165, 1.54) is 12.4 Å². The molecule has 3 fully saturated rings. The van der Waals surface area contributed by atoms with Gasteiger partial charge in [0, 0.05) is 36.7 Å². The number of amides is 1. The molecule has 0 bridgehead atoms. The largest absolute Gasteiger partial charge is 0.365 e. The van der Waals surface area contributed by atoms with Crippen molar-refractivity contribution in [1.29, 1.82) is 0 Å². The van der Waals surface area contributed by atoms with Crippen LogP contribution in [0.4, 0.5) is 14.6 Å². The van der Waals surface area contributed by atoms with Crippen LogP contribution in [0.25, 0.3) is 11.0 Å². The summed E-state index contributed by atoms with van der Waals surface area (Å²) in [6.45, 7) is 6.24. The maximum atomic E-state index is 13.9. The summed E-state index contributed by atoms with van der Waals surface area (Å²) in [6, 6.07) is 0.241. The number of carbonyl (C=O) groups excluding carboxylic acids is 1. The number of carbonyl (C=O) groups is 1. The summed E-state index contributed by atoms with van der Waals surface area (Å²) in [5.74, 6) is -1.77. The highest BCUT2D eigenvalue weighted by molar-refractivity contribution is 5.91. The highest BCUT2D eigenvalue weighted by Gasteiger charge is 2.72. The van der Waals surface area contributed by atoms with Crippen LogP contribution in [0.3, 0.4) is 0 Å². The van der Waals surface area contributed by atoms with Gasteiger partial charge in [-0.15, -0.1) is 0 Å². The zero-order valence-corrected chi connectivity index (χ0v) is 17.1. The number of nitrogens with zero attached hydrogens (tertiary/aromatic N) is 3. The molecule has 5 rings (SSSR count). The van der Waals surface area contributed by atoms with E-state index >= 15 is 0 Å². The lowest BCUT2D eigenvalue weighted by molar-refractivity contribution is -0.129. The minimum Gasteiger partial charge on any atom is -0.365 e. The van der Waals surface area contributed by atoms with Crippen molar-refractivity contribution in [3.05, 3.63) is 30.7 Å². The smallest absolute Gasteiger partial charge is 0.254 e. The maximum Gasteiger partial charge on any atom is 0.254 e. The third-order valence-corrected chi connectivity index (χ3v) is 7.44. The Labute approximate surface area is 174 Å². The van der Waals surface area contributed by atoms with Crippen LogP contribution >= 0.6 is 0 Å². The molecule has 3 aliphatic rings. The van der Waals surface area contributed by atoms with E-state index in [-0.39, 0.29) is 30.3 Å². The van der Waals surface area contributed by atoms with Crippen LogP contribution in [0.5, 0.6) is 0 Å². The Balaban J connectivity index is 1.40. The van der Waals surface area contributed by atoms with Crippen LogP contribution in [-0.4, -0.2) is 50.3 Å². The Hall–Kier alpha value is -2.51. The predicted molar refractivity (Wildman–Crippen MR) is 110 cm³/mol. The van der Waals surface area contributed by atoms with E-state index in [0.29, 0.717) is 30.9 Å². The van der Waals surface area contributed by atoms with E-state index < -0.39 is 11.3 Å². The normalized spacial score (nSPS) is 32.5. The second-order valence-electron chi connectivity index (χ2n) is 9.25. The van der Waals surface area contributed by atoms with Crippen LogP contribution in [-0.2, 0) is 4.79 Å². The number of aromatic nitrogens is 3. The van der Waals surface area contributed by atoms with Gasteiger partial charge in [0.2, 0.25) is 5.91 Å². The summed E-state index contributed by atoms with van der Waals surface area (Å²) in [6.07, 6.45) is 8.47. The first-order valence-corrected chi connectivity index (χ1v) is 10.7. The highest BCUT2D eigenvalue weighted by Crippen LogP contribution is 2.71. The number of fused-ring (bicyclic) bond motifs is 1. The average molecular weight is 415 g/mol. The molecule has 6 nitrogen and oxygen atoms in total. The minimum atomic E-state index is -2.51. The number of hydrogen-bond donors (Lipinski definition) is 2. The van der Waals surface area contributed by atoms with Gasteiger partial charge in [-0.25, -0.2) is 18.7 Å². The van der Waals surface area contributed by atoms with Crippen molar-refractivity contribution in [1.82, 2.24) is 19.9 Å². The number of rotatable bonds is 4. The zero-order valence-electron chi connectivity index (χ0n) is 17.1. The molecule has 1 spiro atoms. The molecule has 0 aromatic carbocycles. The summed E-state index contributed by atoms with van der Waals surface area (Å²) >= 11 is 0. The van der Waals surface area contributed by atoms with Crippen molar-refractivity contribution in [2.24, 2.45) is 5.41 Å². The lowest BCUT2D eigenvalue weighted by Gasteiger charge is -2.38. The van der Waals surface area contributed by atoms with Gasteiger partial charge in [-0.2, -0.15) is 0 Å². The molecule has 8 heteroatoms. The summed E-state index contributed by atoms with van der Waals surface area (Å²) < 4.78 is 27.8. The summed E-state index contributed by atoms with van der Waals surface area (Å²) in [4.78, 5) is 26.0. The number of aromatic amines is 1. The monoisotopic (exact) mass is 415 g/mol. The summed E-state index contributed by atoms with van der Waals surface area (Å²) in [7, 11) is 0. The molecule has 2 aromatic heterocycles. The van der Waals surface area contributed by atoms with Crippen LogP contribution in [0, 0.1) is 5.41 Å². The van der Waals surface area contributed by atoms with E-state index in [1.54, 1.807) is 0 Å². The van der Waals surface area contributed by atoms with Gasteiger partial charge in [0.05, 0.1) is 5.39 Å². The van der Waals surface area contributed by atoms with Crippen LogP contribution in [0.1, 0.15) is 56.9 Å². The molecule has 30 heavy (non-hydrogen) atoms. The van der Waals surface area contributed by atoms with Gasteiger partial charge in [-0.1, -0.05) is 6.58 Å². The van der Waals surface area contributed by atoms with E-state index in [9.17, 15) is 13.6 Å². The lowest BCUT2D eigenvalue weighted by atomic mass is 9.95. The summed E-state index contributed by atoms with van der Waals surface area (Å²) in [5.41, 5.74) is 0.945. The molecule has 1 saturated heterocycles. The van der Waals surface area contributed by atoms with Gasteiger partial charge in [0.15, 0.2) is 0 Å². The number of H-pyrrole nitrogens is 1. The number of nitrogens with one attached hydrogen (secondary N) is 2. The van der Waals surface area contributed by atoms with Gasteiger partial charge in [0.1, 0.15) is 17.8 Å². The number of halogens is 2. The minimum absolute atomic E-state index is 0.0217. The van der Waals surface area contributed by atoms with Gasteiger partial charge in [-0.05, 0) is 56.6 Å². The van der Waals surface area contributed by atoms with E-state index in [1.807, 2.05) is 18.0 Å². The predicted octanol–water partition coefficient (Wildman–Crippen LogP) is 4.23. The maximum absolute atomic E-state index is 13.9. The quantitative estimate of drug-likeness (QED) is 0.733. The Kier molecular flexibility index (Phi) is 4.38. The van der Waals surface area contributed by atoms with Crippen LogP contribution < -0.4 is 5.32 Å². The number of alkyl halides is 2. The molecule has 0 radical (unpaired) electrons. The zero-order chi connectivity index (χ0) is 21.1. The van der Waals surface area contributed by atoms with Crippen molar-refractivity contribution in [3.63, 3.8) is 0 Å². The number of piperidine rings is 1. The van der Waals surface area contributed by atoms with E-state index in [4.69, 9.17) is 0 Å². The fourth-order valence-electron chi connectivity index (χ4n) is 5.53. The first kappa shape index (κ1) is 19.5. The molecule has 1 aliphatic heterocycles. The van der Waals surface area contributed by atoms with E-state index in [2.05, 4.69) is 26.8 Å². The first-order valence-electron chi connectivity index (χ1n) is 10.7. The molecule has 2 N–H and O–H groups in total. The van der Waals surface area contributed by atoms with Gasteiger partial charge in [0.25, 0.3) is 5.92 Å². The van der Waals surface area contributed by atoms with Gasteiger partial charge >= 0.3 is 0 Å². The molecular weight excluding hydrogens is 388 g/mol. The molecule has 2 aromatic rings. The third-order valence-electron chi connectivity index (χ3n) is 7.44.